The highest BCUT2D eigenvalue weighted by atomic mass is 35.5. The second-order valence-electron chi connectivity index (χ2n) is 5.17. The number of hydrogen-bond acceptors (Lipinski definition) is 4. The third kappa shape index (κ3) is 3.57. The minimum atomic E-state index is -0.232. The van der Waals surface area contributed by atoms with Crippen molar-refractivity contribution in [2.24, 2.45) is 0 Å². The zero-order valence-electron chi connectivity index (χ0n) is 12.6. The van der Waals surface area contributed by atoms with Crippen LogP contribution in [0.3, 0.4) is 0 Å². The molecule has 0 unspecified atom stereocenters. The summed E-state index contributed by atoms with van der Waals surface area (Å²) in [6.45, 7) is 3.88. The molecule has 23 heavy (non-hydrogen) atoms. The summed E-state index contributed by atoms with van der Waals surface area (Å²) in [6, 6.07) is 7.21. The quantitative estimate of drug-likeness (QED) is 0.748. The summed E-state index contributed by atoms with van der Waals surface area (Å²) < 4.78 is 0. The van der Waals surface area contributed by atoms with Crippen molar-refractivity contribution in [2.45, 2.75) is 13.8 Å². The summed E-state index contributed by atoms with van der Waals surface area (Å²) >= 11 is 7.58. The number of aromatic nitrogens is 2. The van der Waals surface area contributed by atoms with E-state index in [1.54, 1.807) is 18.5 Å². The van der Waals surface area contributed by atoms with Crippen molar-refractivity contribution in [3.63, 3.8) is 0 Å². The lowest BCUT2D eigenvalue weighted by molar-refractivity contribution is 0.102. The molecular formula is C17H14ClN3OS. The number of aryl methyl sites for hydroxylation is 2. The largest absolute Gasteiger partial charge is 0.298 e. The zero-order valence-corrected chi connectivity index (χ0v) is 14.2. The standard InChI is InChI=1S/C17H14ClN3OS/c1-10-3-4-19-8-15(10)12-5-13(7-14(18)6-12)16(22)21-17-20-11(2)9-23-17/h3-9H,1-2H3,(H,20,21,22). The van der Waals surface area contributed by atoms with Crippen LogP contribution in [0.5, 0.6) is 0 Å². The molecule has 1 aromatic carbocycles. The second-order valence-corrected chi connectivity index (χ2v) is 6.46. The van der Waals surface area contributed by atoms with E-state index in [2.05, 4.69) is 15.3 Å². The Kier molecular flexibility index (Phi) is 4.41. The van der Waals surface area contributed by atoms with Crippen molar-refractivity contribution in [1.29, 1.82) is 0 Å². The van der Waals surface area contributed by atoms with Gasteiger partial charge in [-0.2, -0.15) is 0 Å². The number of halogens is 1. The molecule has 0 bridgehead atoms. The van der Waals surface area contributed by atoms with Gasteiger partial charge in [-0.05, 0) is 49.2 Å². The van der Waals surface area contributed by atoms with Gasteiger partial charge in [-0.25, -0.2) is 4.98 Å². The van der Waals surface area contributed by atoms with E-state index in [4.69, 9.17) is 11.6 Å². The number of hydrogen-bond donors (Lipinski definition) is 1. The predicted molar refractivity (Wildman–Crippen MR) is 94.2 cm³/mol. The van der Waals surface area contributed by atoms with E-state index in [1.165, 1.54) is 11.3 Å². The molecule has 3 rings (SSSR count). The lowest BCUT2D eigenvalue weighted by Crippen LogP contribution is -2.11. The molecule has 3 aromatic rings. The fraction of sp³-hybridized carbons (Fsp3) is 0.118. The number of thiazole rings is 1. The number of nitrogens with one attached hydrogen (secondary N) is 1. The number of pyridine rings is 1. The van der Waals surface area contributed by atoms with Gasteiger partial charge in [0.25, 0.3) is 5.91 Å². The molecule has 0 aliphatic rings. The monoisotopic (exact) mass is 343 g/mol. The minimum Gasteiger partial charge on any atom is -0.298 e. The molecule has 0 fully saturated rings. The van der Waals surface area contributed by atoms with Crippen molar-refractivity contribution in [1.82, 2.24) is 9.97 Å². The number of rotatable bonds is 3. The number of amides is 1. The van der Waals surface area contributed by atoms with Crippen LogP contribution in [0.15, 0.2) is 42.0 Å². The highest BCUT2D eigenvalue weighted by Crippen LogP contribution is 2.27. The van der Waals surface area contributed by atoms with Gasteiger partial charge in [0.1, 0.15) is 0 Å². The molecule has 2 heterocycles. The van der Waals surface area contributed by atoms with Gasteiger partial charge in [0, 0.05) is 33.9 Å². The average Bonchev–Trinajstić information content (AvgIpc) is 2.92. The van der Waals surface area contributed by atoms with Gasteiger partial charge in [0.15, 0.2) is 5.13 Å². The molecule has 0 aliphatic carbocycles. The van der Waals surface area contributed by atoms with Crippen LogP contribution in [0.4, 0.5) is 5.13 Å². The molecule has 0 saturated carbocycles. The van der Waals surface area contributed by atoms with Crippen LogP contribution in [0.1, 0.15) is 21.6 Å². The lowest BCUT2D eigenvalue weighted by Gasteiger charge is -2.09. The first-order valence-corrected chi connectivity index (χ1v) is 8.24. The summed E-state index contributed by atoms with van der Waals surface area (Å²) in [5, 5.41) is 5.76. The third-order valence-electron chi connectivity index (χ3n) is 3.35. The fourth-order valence-corrected chi connectivity index (χ4v) is 3.14. The Morgan fingerprint density at radius 1 is 1.26 bits per heavy atom. The fourth-order valence-electron chi connectivity index (χ4n) is 2.22. The molecular weight excluding hydrogens is 330 g/mol. The van der Waals surface area contributed by atoms with Crippen LogP contribution in [0.2, 0.25) is 5.02 Å². The zero-order chi connectivity index (χ0) is 16.4. The average molecular weight is 344 g/mol. The van der Waals surface area contributed by atoms with Gasteiger partial charge in [-0.3, -0.25) is 15.1 Å². The third-order valence-corrected chi connectivity index (χ3v) is 4.44. The molecule has 0 spiro atoms. The molecule has 6 heteroatoms. The molecule has 0 atom stereocenters. The van der Waals surface area contributed by atoms with Crippen LogP contribution >= 0.6 is 22.9 Å². The molecule has 0 aliphatic heterocycles. The van der Waals surface area contributed by atoms with Crippen LogP contribution < -0.4 is 5.32 Å². The van der Waals surface area contributed by atoms with E-state index in [9.17, 15) is 4.79 Å². The van der Waals surface area contributed by atoms with E-state index in [-0.39, 0.29) is 5.91 Å². The summed E-state index contributed by atoms with van der Waals surface area (Å²) in [5.41, 5.74) is 4.26. The number of carbonyl (C=O) groups is 1. The number of benzene rings is 1. The highest BCUT2D eigenvalue weighted by molar-refractivity contribution is 7.13. The molecule has 0 radical (unpaired) electrons. The van der Waals surface area contributed by atoms with Gasteiger partial charge in [-0.15, -0.1) is 11.3 Å². The molecule has 116 valence electrons. The lowest BCUT2D eigenvalue weighted by atomic mass is 10.0. The first kappa shape index (κ1) is 15.6. The normalized spacial score (nSPS) is 10.6. The maximum atomic E-state index is 12.4. The minimum absolute atomic E-state index is 0.232. The Labute approximate surface area is 143 Å². The Morgan fingerprint density at radius 2 is 2.09 bits per heavy atom. The molecule has 1 N–H and O–H groups in total. The van der Waals surface area contributed by atoms with Crippen LogP contribution in [0, 0.1) is 13.8 Å². The maximum absolute atomic E-state index is 12.4. The molecule has 2 aromatic heterocycles. The summed E-state index contributed by atoms with van der Waals surface area (Å²) in [5.74, 6) is -0.232. The number of anilines is 1. The smallest absolute Gasteiger partial charge is 0.257 e. The van der Waals surface area contributed by atoms with E-state index in [1.807, 2.05) is 37.4 Å². The van der Waals surface area contributed by atoms with Gasteiger partial charge in [-0.1, -0.05) is 11.6 Å². The Balaban J connectivity index is 1.94. The van der Waals surface area contributed by atoms with Crippen molar-refractivity contribution in [3.8, 4) is 11.1 Å². The predicted octanol–water partition coefficient (Wildman–Crippen LogP) is 4.73. The molecule has 0 saturated heterocycles. The van der Waals surface area contributed by atoms with Gasteiger partial charge in [0.2, 0.25) is 0 Å². The van der Waals surface area contributed by atoms with Crippen molar-refractivity contribution < 1.29 is 4.79 Å². The van der Waals surface area contributed by atoms with E-state index >= 15 is 0 Å². The van der Waals surface area contributed by atoms with Crippen molar-refractivity contribution in [2.75, 3.05) is 5.32 Å². The number of carbonyl (C=O) groups excluding carboxylic acids is 1. The summed E-state index contributed by atoms with van der Waals surface area (Å²) in [7, 11) is 0. The van der Waals surface area contributed by atoms with Crippen LogP contribution in [-0.4, -0.2) is 15.9 Å². The summed E-state index contributed by atoms with van der Waals surface area (Å²) in [6.07, 6.45) is 3.51. The first-order chi connectivity index (χ1) is 11.0. The van der Waals surface area contributed by atoms with Crippen LogP contribution in [0.25, 0.3) is 11.1 Å². The van der Waals surface area contributed by atoms with Crippen molar-refractivity contribution >= 4 is 34.0 Å². The van der Waals surface area contributed by atoms with E-state index in [0.29, 0.717) is 15.7 Å². The van der Waals surface area contributed by atoms with Gasteiger partial charge in [0.05, 0.1) is 5.69 Å². The summed E-state index contributed by atoms with van der Waals surface area (Å²) in [4.78, 5) is 20.8. The molecule has 4 nitrogen and oxygen atoms in total. The van der Waals surface area contributed by atoms with Crippen molar-refractivity contribution in [3.05, 3.63) is 63.9 Å². The number of nitrogens with zero attached hydrogens (tertiary/aromatic N) is 2. The highest BCUT2D eigenvalue weighted by Gasteiger charge is 2.12. The van der Waals surface area contributed by atoms with E-state index < -0.39 is 0 Å². The SMILES string of the molecule is Cc1csc(NC(=O)c2cc(Cl)cc(-c3cnccc3C)c2)n1. The van der Waals surface area contributed by atoms with Gasteiger partial charge >= 0.3 is 0 Å². The first-order valence-electron chi connectivity index (χ1n) is 6.98. The van der Waals surface area contributed by atoms with E-state index in [0.717, 1.165) is 22.4 Å². The topological polar surface area (TPSA) is 54.9 Å². The molecule has 1 amide bonds. The van der Waals surface area contributed by atoms with Gasteiger partial charge < -0.3 is 0 Å². The van der Waals surface area contributed by atoms with Crippen LogP contribution in [-0.2, 0) is 0 Å². The Bertz CT molecular complexity index is 876. The second kappa shape index (κ2) is 6.48. The Morgan fingerprint density at radius 3 is 2.78 bits per heavy atom. The Hall–Kier alpha value is -2.24. The maximum Gasteiger partial charge on any atom is 0.257 e.